The number of carbonyl (C=O) groups excluding carboxylic acids is 1. The number of hydrogen-bond donors (Lipinski definition) is 1. The lowest BCUT2D eigenvalue weighted by molar-refractivity contribution is -0.153. The van der Waals surface area contributed by atoms with Crippen molar-refractivity contribution in [1.29, 1.82) is 0 Å². The third kappa shape index (κ3) is 3.83. The first-order valence-electron chi connectivity index (χ1n) is 7.70. The van der Waals surface area contributed by atoms with Gasteiger partial charge in [-0.25, -0.2) is 0 Å². The second kappa shape index (κ2) is 7.44. The van der Waals surface area contributed by atoms with E-state index in [4.69, 9.17) is 10.5 Å². The van der Waals surface area contributed by atoms with E-state index in [0.717, 1.165) is 24.8 Å². The Balaban J connectivity index is 1.96. The summed E-state index contributed by atoms with van der Waals surface area (Å²) in [6.45, 7) is 2.51. The van der Waals surface area contributed by atoms with Crippen molar-refractivity contribution in [2.24, 2.45) is 11.7 Å². The first-order chi connectivity index (χ1) is 9.74. The summed E-state index contributed by atoms with van der Waals surface area (Å²) in [7, 11) is 0. The number of rotatable bonds is 5. The zero-order chi connectivity index (χ0) is 14.4. The number of carbonyl (C=O) groups is 1. The Bertz CT molecular complexity index is 418. The minimum Gasteiger partial charge on any atom is -0.462 e. The molecule has 110 valence electrons. The molecule has 3 heteroatoms. The van der Waals surface area contributed by atoms with Crippen molar-refractivity contribution in [2.75, 3.05) is 6.54 Å². The van der Waals surface area contributed by atoms with Crippen LogP contribution in [-0.2, 0) is 9.53 Å². The van der Waals surface area contributed by atoms with Gasteiger partial charge in [-0.1, -0.05) is 50.1 Å². The molecule has 0 spiro atoms. The lowest BCUT2D eigenvalue weighted by Gasteiger charge is -2.29. The number of ether oxygens (including phenoxy) is 1. The Kier molecular flexibility index (Phi) is 5.60. The van der Waals surface area contributed by atoms with E-state index in [1.807, 2.05) is 30.3 Å². The molecule has 0 radical (unpaired) electrons. The summed E-state index contributed by atoms with van der Waals surface area (Å²) < 4.78 is 5.71. The Morgan fingerprint density at radius 3 is 2.75 bits per heavy atom. The van der Waals surface area contributed by atoms with Gasteiger partial charge in [-0.3, -0.25) is 4.79 Å². The first-order valence-corrected chi connectivity index (χ1v) is 7.70. The normalized spacial score (nSPS) is 24.1. The van der Waals surface area contributed by atoms with Crippen LogP contribution in [0, 0.1) is 5.92 Å². The second-order valence-corrected chi connectivity index (χ2v) is 5.70. The average molecular weight is 275 g/mol. The molecule has 0 heterocycles. The van der Waals surface area contributed by atoms with Crippen LogP contribution in [0.4, 0.5) is 0 Å². The van der Waals surface area contributed by atoms with E-state index in [-0.39, 0.29) is 18.0 Å². The molecule has 0 amide bonds. The van der Waals surface area contributed by atoms with Gasteiger partial charge in [-0.2, -0.15) is 0 Å². The van der Waals surface area contributed by atoms with Crippen molar-refractivity contribution >= 4 is 5.97 Å². The highest BCUT2D eigenvalue weighted by Gasteiger charge is 2.27. The Morgan fingerprint density at radius 2 is 2.10 bits per heavy atom. The van der Waals surface area contributed by atoms with E-state index in [1.165, 1.54) is 12.8 Å². The molecule has 20 heavy (non-hydrogen) atoms. The van der Waals surface area contributed by atoms with Gasteiger partial charge in [-0.05, 0) is 30.7 Å². The molecule has 1 aromatic carbocycles. The molecular weight excluding hydrogens is 250 g/mol. The van der Waals surface area contributed by atoms with Crippen LogP contribution in [0.1, 0.15) is 50.5 Å². The van der Waals surface area contributed by atoms with Crippen LogP contribution in [0.25, 0.3) is 0 Å². The molecule has 0 bridgehead atoms. The smallest absolute Gasteiger partial charge is 0.314 e. The molecule has 3 nitrogen and oxygen atoms in total. The Labute approximate surface area is 121 Å². The molecule has 1 aliphatic carbocycles. The number of hydrogen-bond acceptors (Lipinski definition) is 3. The summed E-state index contributed by atoms with van der Waals surface area (Å²) in [4.78, 5) is 12.3. The molecule has 2 rings (SSSR count). The molecule has 3 unspecified atom stereocenters. The summed E-state index contributed by atoms with van der Waals surface area (Å²) in [5, 5.41) is 0. The van der Waals surface area contributed by atoms with Crippen molar-refractivity contribution in [1.82, 2.24) is 0 Å². The summed E-state index contributed by atoms with van der Waals surface area (Å²) in [6.07, 6.45) is 5.69. The van der Waals surface area contributed by atoms with Crippen molar-refractivity contribution in [2.45, 2.75) is 51.0 Å². The Morgan fingerprint density at radius 1 is 1.35 bits per heavy atom. The highest BCUT2D eigenvalue weighted by atomic mass is 16.5. The first kappa shape index (κ1) is 15.0. The number of benzene rings is 1. The SMILES string of the molecule is CCC1CCCC(OC(=O)C(CN)c2ccccc2)C1. The molecule has 1 aromatic rings. The average Bonchev–Trinajstić information content (AvgIpc) is 2.49. The van der Waals surface area contributed by atoms with Crippen molar-refractivity contribution in [3.63, 3.8) is 0 Å². The van der Waals surface area contributed by atoms with Gasteiger partial charge >= 0.3 is 5.97 Å². The van der Waals surface area contributed by atoms with Crippen molar-refractivity contribution < 1.29 is 9.53 Å². The maximum absolute atomic E-state index is 12.3. The second-order valence-electron chi connectivity index (χ2n) is 5.70. The monoisotopic (exact) mass is 275 g/mol. The third-order valence-corrected chi connectivity index (χ3v) is 4.32. The van der Waals surface area contributed by atoms with Gasteiger partial charge < -0.3 is 10.5 Å². The van der Waals surface area contributed by atoms with Gasteiger partial charge in [0.2, 0.25) is 0 Å². The maximum atomic E-state index is 12.3. The van der Waals surface area contributed by atoms with Crippen LogP contribution in [-0.4, -0.2) is 18.6 Å². The van der Waals surface area contributed by atoms with Crippen LogP contribution in [0.3, 0.4) is 0 Å². The van der Waals surface area contributed by atoms with E-state index in [2.05, 4.69) is 6.92 Å². The molecule has 0 saturated heterocycles. The highest BCUT2D eigenvalue weighted by Crippen LogP contribution is 2.29. The minimum absolute atomic E-state index is 0.0824. The predicted molar refractivity (Wildman–Crippen MR) is 80.4 cm³/mol. The molecule has 1 saturated carbocycles. The quantitative estimate of drug-likeness (QED) is 0.839. The van der Waals surface area contributed by atoms with E-state index in [0.29, 0.717) is 12.5 Å². The van der Waals surface area contributed by atoms with Crippen LogP contribution in [0.2, 0.25) is 0 Å². The molecule has 3 atom stereocenters. The van der Waals surface area contributed by atoms with Gasteiger partial charge in [0.1, 0.15) is 6.10 Å². The summed E-state index contributed by atoms with van der Waals surface area (Å²) in [5.74, 6) is 0.202. The van der Waals surface area contributed by atoms with E-state index in [9.17, 15) is 4.79 Å². The van der Waals surface area contributed by atoms with E-state index < -0.39 is 0 Å². The standard InChI is InChI=1S/C17H25NO2/c1-2-13-7-6-10-15(11-13)20-17(19)16(12-18)14-8-4-3-5-9-14/h3-5,8-9,13,15-16H,2,6-7,10-12,18H2,1H3. The summed E-state index contributed by atoms with van der Waals surface area (Å²) >= 11 is 0. The van der Waals surface area contributed by atoms with Gasteiger partial charge in [-0.15, -0.1) is 0 Å². The van der Waals surface area contributed by atoms with Gasteiger partial charge in [0.05, 0.1) is 5.92 Å². The molecule has 1 aliphatic rings. The van der Waals surface area contributed by atoms with Gasteiger partial charge in [0.15, 0.2) is 0 Å². The molecule has 0 aliphatic heterocycles. The summed E-state index contributed by atoms with van der Waals surface area (Å²) in [6, 6.07) is 9.68. The summed E-state index contributed by atoms with van der Waals surface area (Å²) in [5.41, 5.74) is 6.71. The van der Waals surface area contributed by atoms with Crippen molar-refractivity contribution in [3.05, 3.63) is 35.9 Å². The largest absolute Gasteiger partial charge is 0.462 e. The minimum atomic E-state index is -0.335. The van der Waals surface area contributed by atoms with Gasteiger partial charge in [0, 0.05) is 6.54 Å². The Hall–Kier alpha value is -1.35. The van der Waals surface area contributed by atoms with E-state index in [1.54, 1.807) is 0 Å². The van der Waals surface area contributed by atoms with Crippen LogP contribution in [0.5, 0.6) is 0 Å². The lowest BCUT2D eigenvalue weighted by atomic mass is 9.85. The molecular formula is C17H25NO2. The zero-order valence-corrected chi connectivity index (χ0v) is 12.3. The number of esters is 1. The molecule has 2 N–H and O–H groups in total. The highest BCUT2D eigenvalue weighted by molar-refractivity contribution is 5.78. The fourth-order valence-electron chi connectivity index (χ4n) is 3.02. The maximum Gasteiger partial charge on any atom is 0.314 e. The fourth-order valence-corrected chi connectivity index (χ4v) is 3.02. The zero-order valence-electron chi connectivity index (χ0n) is 12.3. The number of nitrogens with two attached hydrogens (primary N) is 1. The third-order valence-electron chi connectivity index (χ3n) is 4.32. The van der Waals surface area contributed by atoms with Crippen LogP contribution < -0.4 is 5.73 Å². The van der Waals surface area contributed by atoms with Crippen LogP contribution >= 0.6 is 0 Å². The van der Waals surface area contributed by atoms with E-state index >= 15 is 0 Å². The topological polar surface area (TPSA) is 52.3 Å². The predicted octanol–water partition coefficient (Wildman–Crippen LogP) is 3.24. The van der Waals surface area contributed by atoms with Crippen LogP contribution in [0.15, 0.2) is 30.3 Å². The molecule has 0 aromatic heterocycles. The van der Waals surface area contributed by atoms with Gasteiger partial charge in [0.25, 0.3) is 0 Å². The lowest BCUT2D eigenvalue weighted by Crippen LogP contribution is -2.30. The van der Waals surface area contributed by atoms with Crippen molar-refractivity contribution in [3.8, 4) is 0 Å². The molecule has 1 fully saturated rings. The fraction of sp³-hybridized carbons (Fsp3) is 0.588.